The first-order chi connectivity index (χ1) is 16.6. The summed E-state index contributed by atoms with van der Waals surface area (Å²) in [5.41, 5.74) is 2.43. The van der Waals surface area contributed by atoms with E-state index in [4.69, 9.17) is 26.9 Å². The van der Waals surface area contributed by atoms with Gasteiger partial charge in [0.05, 0.1) is 41.7 Å². The number of ether oxygens (including phenoxy) is 1. The minimum absolute atomic E-state index is 0.0326. The van der Waals surface area contributed by atoms with E-state index in [0.29, 0.717) is 48.1 Å². The Balaban J connectivity index is 1.49. The number of halogens is 2. The summed E-state index contributed by atoms with van der Waals surface area (Å²) in [4.78, 5) is 32.1. The molecule has 2 saturated heterocycles. The van der Waals surface area contributed by atoms with Gasteiger partial charge in [-0.3, -0.25) is 14.5 Å². The third kappa shape index (κ3) is 5.54. The second-order valence-electron chi connectivity index (χ2n) is 8.86. The second-order valence-corrected chi connectivity index (χ2v) is 9.23. The lowest BCUT2D eigenvalue weighted by molar-refractivity contribution is -0.138. The van der Waals surface area contributed by atoms with Crippen LogP contribution >= 0.6 is 11.6 Å². The molecule has 0 spiro atoms. The fourth-order valence-corrected chi connectivity index (χ4v) is 4.47. The van der Waals surface area contributed by atoms with E-state index in [1.54, 1.807) is 6.92 Å². The van der Waals surface area contributed by atoms with Crippen molar-refractivity contribution in [1.82, 2.24) is 15.1 Å². The molecule has 0 aliphatic carbocycles. The molecule has 0 atom stereocenters. The van der Waals surface area contributed by atoms with Crippen LogP contribution in [0, 0.1) is 11.2 Å². The van der Waals surface area contributed by atoms with Crippen LogP contribution in [0.3, 0.4) is 0 Å². The standard InChI is InChI=1S/C24H27ClFN5O4/c1-13-22(25)14(2)29-23(28-13)18-10-31(11-19(18)27)24(34)17-4-3-15(26)9-20(17)35-16-5-7-30(8-6-16)12-21(32)33/h3-4,9,16,27-28H,5-8,10-12H2,1-2H3,(H,32,33)/b23-18+,27-19?. The van der Waals surface area contributed by atoms with Gasteiger partial charge in [0.25, 0.3) is 5.91 Å². The van der Waals surface area contributed by atoms with Crippen molar-refractivity contribution in [3.63, 3.8) is 0 Å². The Bertz CT molecular complexity index is 1170. The molecule has 0 aromatic heterocycles. The largest absolute Gasteiger partial charge is 0.489 e. The van der Waals surface area contributed by atoms with E-state index >= 15 is 0 Å². The van der Waals surface area contributed by atoms with Gasteiger partial charge in [0.1, 0.15) is 23.5 Å². The smallest absolute Gasteiger partial charge is 0.317 e. The zero-order chi connectivity index (χ0) is 25.3. The first-order valence-electron chi connectivity index (χ1n) is 11.3. The summed E-state index contributed by atoms with van der Waals surface area (Å²) in [6.45, 7) is 4.91. The van der Waals surface area contributed by atoms with E-state index in [0.717, 1.165) is 5.70 Å². The SMILES string of the molecule is CC1=N/C(=C2\CN(C(=O)c3ccc(F)cc3OC3CCN(CC(=O)O)CC3)CC2=N)NC(C)=C1Cl. The highest BCUT2D eigenvalue weighted by Crippen LogP contribution is 2.29. The van der Waals surface area contributed by atoms with Gasteiger partial charge in [-0.25, -0.2) is 9.38 Å². The van der Waals surface area contributed by atoms with E-state index in [-0.39, 0.29) is 48.7 Å². The van der Waals surface area contributed by atoms with Crippen LogP contribution in [-0.2, 0) is 4.79 Å². The molecule has 0 saturated carbocycles. The molecular formula is C24H27ClFN5O4. The first-order valence-corrected chi connectivity index (χ1v) is 11.7. The van der Waals surface area contributed by atoms with Crippen molar-refractivity contribution in [2.75, 3.05) is 32.7 Å². The van der Waals surface area contributed by atoms with Crippen LogP contribution in [0.5, 0.6) is 5.75 Å². The van der Waals surface area contributed by atoms with Gasteiger partial charge in [-0.05, 0) is 38.8 Å². The Kier molecular flexibility index (Phi) is 7.23. The van der Waals surface area contributed by atoms with Gasteiger partial charge in [0.15, 0.2) is 0 Å². The number of likely N-dealkylation sites (tertiary alicyclic amines) is 2. The number of aliphatic imine (C=N–C) groups is 1. The number of hydrogen-bond acceptors (Lipinski definition) is 7. The number of piperidine rings is 1. The highest BCUT2D eigenvalue weighted by Gasteiger charge is 2.32. The van der Waals surface area contributed by atoms with Gasteiger partial charge in [-0.1, -0.05) is 11.6 Å². The molecule has 9 nitrogen and oxygen atoms in total. The summed E-state index contributed by atoms with van der Waals surface area (Å²) in [6.07, 6.45) is 0.882. The maximum Gasteiger partial charge on any atom is 0.317 e. The molecule has 1 aromatic rings. The molecule has 1 amide bonds. The Morgan fingerprint density at radius 1 is 1.29 bits per heavy atom. The predicted molar refractivity (Wildman–Crippen MR) is 130 cm³/mol. The number of nitrogens with zero attached hydrogens (tertiary/aromatic N) is 3. The lowest BCUT2D eigenvalue weighted by Crippen LogP contribution is -2.41. The van der Waals surface area contributed by atoms with E-state index < -0.39 is 11.8 Å². The van der Waals surface area contributed by atoms with E-state index in [2.05, 4.69) is 10.3 Å². The number of aliphatic carboxylic acids is 1. The van der Waals surface area contributed by atoms with Crippen LogP contribution in [0.1, 0.15) is 37.0 Å². The van der Waals surface area contributed by atoms with Crippen molar-refractivity contribution >= 4 is 34.9 Å². The zero-order valence-corrected chi connectivity index (χ0v) is 20.3. The van der Waals surface area contributed by atoms with Gasteiger partial charge in [0, 0.05) is 30.4 Å². The Morgan fingerprint density at radius 3 is 2.66 bits per heavy atom. The number of hydrogen-bond donors (Lipinski definition) is 3. The molecule has 186 valence electrons. The fraction of sp³-hybridized carbons (Fsp3) is 0.417. The summed E-state index contributed by atoms with van der Waals surface area (Å²) in [5, 5.41) is 21.0. The Hall–Kier alpha value is -3.24. The maximum absolute atomic E-state index is 14.1. The van der Waals surface area contributed by atoms with Crippen molar-refractivity contribution in [2.24, 2.45) is 4.99 Å². The lowest BCUT2D eigenvalue weighted by Gasteiger charge is -2.31. The highest BCUT2D eigenvalue weighted by molar-refractivity contribution is 6.43. The first kappa shape index (κ1) is 24.9. The third-order valence-electron chi connectivity index (χ3n) is 6.23. The monoisotopic (exact) mass is 503 g/mol. The Labute approximate surface area is 207 Å². The van der Waals surface area contributed by atoms with Crippen molar-refractivity contribution in [3.8, 4) is 5.75 Å². The van der Waals surface area contributed by atoms with Gasteiger partial charge in [-0.2, -0.15) is 0 Å². The molecule has 1 aromatic carbocycles. The molecule has 0 radical (unpaired) electrons. The van der Waals surface area contributed by atoms with Crippen molar-refractivity contribution < 1.29 is 23.8 Å². The van der Waals surface area contributed by atoms with E-state index in [9.17, 15) is 14.0 Å². The van der Waals surface area contributed by atoms with E-state index in [1.807, 2.05) is 11.8 Å². The minimum atomic E-state index is -0.883. The van der Waals surface area contributed by atoms with Crippen LogP contribution in [0.2, 0.25) is 0 Å². The molecule has 4 rings (SSSR count). The van der Waals surface area contributed by atoms with Crippen molar-refractivity contribution in [2.45, 2.75) is 32.8 Å². The summed E-state index contributed by atoms with van der Waals surface area (Å²) < 4.78 is 20.1. The molecule has 0 bridgehead atoms. The number of amides is 1. The topological polar surface area (TPSA) is 118 Å². The molecule has 35 heavy (non-hydrogen) atoms. The van der Waals surface area contributed by atoms with Crippen LogP contribution < -0.4 is 10.1 Å². The normalized spacial score (nSPS) is 21.8. The zero-order valence-electron chi connectivity index (χ0n) is 19.5. The maximum atomic E-state index is 14.1. The van der Waals surface area contributed by atoms with Crippen LogP contribution in [0.25, 0.3) is 0 Å². The van der Waals surface area contributed by atoms with Crippen LogP contribution in [0.4, 0.5) is 4.39 Å². The lowest BCUT2D eigenvalue weighted by atomic mass is 10.1. The number of carbonyl (C=O) groups excluding carboxylic acids is 1. The van der Waals surface area contributed by atoms with E-state index in [1.165, 1.54) is 23.1 Å². The molecule has 11 heteroatoms. The number of carbonyl (C=O) groups is 2. The minimum Gasteiger partial charge on any atom is -0.489 e. The second kappa shape index (κ2) is 10.2. The summed E-state index contributed by atoms with van der Waals surface area (Å²) in [5.74, 6) is -1.13. The van der Waals surface area contributed by atoms with Crippen LogP contribution in [0.15, 0.2) is 45.3 Å². The average molecular weight is 504 g/mol. The fourth-order valence-electron chi connectivity index (χ4n) is 4.38. The number of carboxylic acids is 1. The van der Waals surface area contributed by atoms with Gasteiger partial charge in [0.2, 0.25) is 0 Å². The highest BCUT2D eigenvalue weighted by atomic mass is 35.5. The molecular weight excluding hydrogens is 477 g/mol. The number of allylic oxidation sites excluding steroid dienone is 2. The van der Waals surface area contributed by atoms with Gasteiger partial charge >= 0.3 is 5.97 Å². The predicted octanol–water partition coefficient (Wildman–Crippen LogP) is 2.98. The van der Waals surface area contributed by atoms with Crippen LogP contribution in [-0.4, -0.2) is 77.0 Å². The van der Waals surface area contributed by atoms with Crippen molar-refractivity contribution in [1.29, 1.82) is 5.41 Å². The van der Waals surface area contributed by atoms with Gasteiger partial charge < -0.3 is 25.5 Å². The molecule has 0 unspecified atom stereocenters. The summed E-state index contributed by atoms with van der Waals surface area (Å²) >= 11 is 6.20. The number of benzene rings is 1. The quantitative estimate of drug-likeness (QED) is 0.568. The Morgan fingerprint density at radius 2 is 2.00 bits per heavy atom. The summed E-state index contributed by atoms with van der Waals surface area (Å²) in [6, 6.07) is 3.81. The molecule has 3 aliphatic rings. The number of carboxylic acid groups (broad SMARTS) is 1. The number of rotatable bonds is 5. The number of nitrogens with one attached hydrogen (secondary N) is 2. The molecule has 2 fully saturated rings. The average Bonchev–Trinajstić information content (AvgIpc) is 3.19. The molecule has 3 aliphatic heterocycles. The van der Waals surface area contributed by atoms with Gasteiger partial charge in [-0.15, -0.1) is 0 Å². The third-order valence-corrected chi connectivity index (χ3v) is 6.79. The molecule has 3 heterocycles. The van der Waals surface area contributed by atoms with Crippen molar-refractivity contribution in [3.05, 3.63) is 51.7 Å². The molecule has 3 N–H and O–H groups in total. The summed E-state index contributed by atoms with van der Waals surface area (Å²) in [7, 11) is 0.